The van der Waals surface area contributed by atoms with Crippen LogP contribution in [0.25, 0.3) is 11.7 Å². The molecule has 0 N–H and O–H groups in total. The first kappa shape index (κ1) is 16.2. The van der Waals surface area contributed by atoms with Gasteiger partial charge in [-0.2, -0.15) is 0 Å². The van der Waals surface area contributed by atoms with Crippen molar-refractivity contribution < 1.29 is 13.5 Å². The first-order chi connectivity index (χ1) is 10.7. The van der Waals surface area contributed by atoms with Gasteiger partial charge in [0.1, 0.15) is 5.75 Å². The van der Waals surface area contributed by atoms with Crippen molar-refractivity contribution in [2.75, 3.05) is 6.61 Å². The highest BCUT2D eigenvalue weighted by Crippen LogP contribution is 2.29. The van der Waals surface area contributed by atoms with Gasteiger partial charge >= 0.3 is 0 Å². The van der Waals surface area contributed by atoms with Crippen LogP contribution in [0.15, 0.2) is 48.5 Å². The van der Waals surface area contributed by atoms with Gasteiger partial charge in [-0.15, -0.1) is 0 Å². The van der Waals surface area contributed by atoms with Crippen LogP contribution in [0.4, 0.5) is 8.78 Å². The van der Waals surface area contributed by atoms with E-state index in [4.69, 9.17) is 4.74 Å². The molecule has 3 heteroatoms. The molecule has 0 heterocycles. The van der Waals surface area contributed by atoms with Crippen molar-refractivity contribution in [3.8, 4) is 5.75 Å². The third kappa shape index (κ3) is 3.94. The van der Waals surface area contributed by atoms with Gasteiger partial charge in [-0.1, -0.05) is 37.6 Å². The molecule has 22 heavy (non-hydrogen) atoms. The summed E-state index contributed by atoms with van der Waals surface area (Å²) in [6.07, 6.45) is 1.96. The lowest BCUT2D eigenvalue weighted by atomic mass is 10.1. The second-order valence-corrected chi connectivity index (χ2v) is 5.03. The van der Waals surface area contributed by atoms with Gasteiger partial charge in [-0.3, -0.25) is 0 Å². The first-order valence-electron chi connectivity index (χ1n) is 7.53. The fraction of sp³-hybridized carbons (Fsp3) is 0.263. The van der Waals surface area contributed by atoms with E-state index in [2.05, 4.69) is 6.92 Å². The molecule has 0 saturated carbocycles. The fourth-order valence-corrected chi connectivity index (χ4v) is 2.22. The normalized spacial score (nSPS) is 12.0. The number of ether oxygens (including phenoxy) is 1. The Bertz CT molecular complexity index is 570. The molecule has 2 aromatic rings. The van der Waals surface area contributed by atoms with E-state index in [0.29, 0.717) is 12.4 Å². The van der Waals surface area contributed by atoms with Crippen LogP contribution in [0, 0.1) is 0 Å². The molecule has 2 rings (SSSR count). The standard InChI is InChI=1S/C19H20F2O/c1-3-5-14-6-8-15(9-7-14)18(20)19(21)16-10-12-17(13-11-16)22-4-2/h6-13H,3-5H2,1-2H3/b19-18+. The zero-order valence-electron chi connectivity index (χ0n) is 12.9. The lowest BCUT2D eigenvalue weighted by Gasteiger charge is -2.06. The van der Waals surface area contributed by atoms with E-state index in [1.807, 2.05) is 19.1 Å². The largest absolute Gasteiger partial charge is 0.494 e. The van der Waals surface area contributed by atoms with E-state index in [-0.39, 0.29) is 11.1 Å². The third-order valence-corrected chi connectivity index (χ3v) is 3.36. The van der Waals surface area contributed by atoms with Gasteiger partial charge in [0.2, 0.25) is 0 Å². The average Bonchev–Trinajstić information content (AvgIpc) is 2.55. The third-order valence-electron chi connectivity index (χ3n) is 3.36. The van der Waals surface area contributed by atoms with E-state index in [1.165, 1.54) is 12.1 Å². The Hall–Kier alpha value is -2.16. The Kier molecular flexibility index (Phi) is 5.70. The minimum atomic E-state index is -0.855. The van der Waals surface area contributed by atoms with Crippen molar-refractivity contribution in [2.24, 2.45) is 0 Å². The molecule has 0 radical (unpaired) electrons. The zero-order valence-corrected chi connectivity index (χ0v) is 12.9. The van der Waals surface area contributed by atoms with Gasteiger partial charge < -0.3 is 4.74 Å². The number of hydrogen-bond acceptors (Lipinski definition) is 1. The topological polar surface area (TPSA) is 9.23 Å². The maximum Gasteiger partial charge on any atom is 0.166 e. The Morgan fingerprint density at radius 2 is 1.32 bits per heavy atom. The summed E-state index contributed by atoms with van der Waals surface area (Å²) in [7, 11) is 0. The monoisotopic (exact) mass is 302 g/mol. The molecular weight excluding hydrogens is 282 g/mol. The summed E-state index contributed by atoms with van der Waals surface area (Å²) in [5, 5.41) is 0. The lowest BCUT2D eigenvalue weighted by molar-refractivity contribution is 0.340. The molecular formula is C19H20F2O. The highest BCUT2D eigenvalue weighted by molar-refractivity contribution is 5.83. The van der Waals surface area contributed by atoms with Crippen molar-refractivity contribution in [1.82, 2.24) is 0 Å². The maximum atomic E-state index is 14.3. The molecule has 0 fully saturated rings. The molecule has 116 valence electrons. The molecule has 0 unspecified atom stereocenters. The van der Waals surface area contributed by atoms with Crippen molar-refractivity contribution >= 4 is 11.7 Å². The molecule has 0 bridgehead atoms. The molecule has 0 aliphatic rings. The molecule has 0 aliphatic heterocycles. The summed E-state index contributed by atoms with van der Waals surface area (Å²) < 4.78 is 33.8. The van der Waals surface area contributed by atoms with Crippen LogP contribution < -0.4 is 4.74 Å². The summed E-state index contributed by atoms with van der Waals surface area (Å²) in [5.74, 6) is -1.05. The van der Waals surface area contributed by atoms with Gasteiger partial charge in [-0.05, 0) is 43.2 Å². The number of rotatable bonds is 6. The first-order valence-corrected chi connectivity index (χ1v) is 7.53. The van der Waals surface area contributed by atoms with E-state index in [0.717, 1.165) is 18.4 Å². The van der Waals surface area contributed by atoms with Gasteiger partial charge in [-0.25, -0.2) is 8.78 Å². The SMILES string of the molecule is CCCc1ccc(/C(F)=C(\F)c2ccc(OCC)cc2)cc1. The van der Waals surface area contributed by atoms with E-state index in [1.54, 1.807) is 24.3 Å². The molecule has 0 saturated heterocycles. The van der Waals surface area contributed by atoms with Crippen LogP contribution in [-0.2, 0) is 6.42 Å². The number of hydrogen-bond donors (Lipinski definition) is 0. The van der Waals surface area contributed by atoms with E-state index >= 15 is 0 Å². The summed E-state index contributed by atoms with van der Waals surface area (Å²) in [4.78, 5) is 0. The second-order valence-electron chi connectivity index (χ2n) is 5.03. The quantitative estimate of drug-likeness (QED) is 0.612. The smallest absolute Gasteiger partial charge is 0.166 e. The summed E-state index contributed by atoms with van der Waals surface area (Å²) in [6.45, 7) is 4.49. The van der Waals surface area contributed by atoms with E-state index in [9.17, 15) is 8.78 Å². The second kappa shape index (κ2) is 7.74. The zero-order chi connectivity index (χ0) is 15.9. The molecule has 1 nitrogen and oxygen atoms in total. The van der Waals surface area contributed by atoms with Crippen molar-refractivity contribution in [3.63, 3.8) is 0 Å². The average molecular weight is 302 g/mol. The highest BCUT2D eigenvalue weighted by atomic mass is 19.2. The van der Waals surface area contributed by atoms with Crippen LogP contribution in [0.3, 0.4) is 0 Å². The van der Waals surface area contributed by atoms with Crippen molar-refractivity contribution in [1.29, 1.82) is 0 Å². The number of aryl methyl sites for hydroxylation is 1. The van der Waals surface area contributed by atoms with Crippen LogP contribution in [0.5, 0.6) is 5.75 Å². The Labute approximate surface area is 130 Å². The maximum absolute atomic E-state index is 14.3. The molecule has 2 aromatic carbocycles. The van der Waals surface area contributed by atoms with Crippen LogP contribution in [0.1, 0.15) is 37.0 Å². The Morgan fingerprint density at radius 3 is 1.77 bits per heavy atom. The summed E-state index contributed by atoms with van der Waals surface area (Å²) in [6, 6.07) is 13.2. The molecule has 0 spiro atoms. The summed E-state index contributed by atoms with van der Waals surface area (Å²) >= 11 is 0. The van der Waals surface area contributed by atoms with Crippen LogP contribution in [0.2, 0.25) is 0 Å². The van der Waals surface area contributed by atoms with Gasteiger partial charge in [0.15, 0.2) is 11.7 Å². The predicted octanol–water partition coefficient (Wildman–Crippen LogP) is 5.80. The van der Waals surface area contributed by atoms with Crippen LogP contribution >= 0.6 is 0 Å². The van der Waals surface area contributed by atoms with Gasteiger partial charge in [0, 0.05) is 11.1 Å². The van der Waals surface area contributed by atoms with E-state index < -0.39 is 11.7 Å². The minimum Gasteiger partial charge on any atom is -0.494 e. The van der Waals surface area contributed by atoms with Gasteiger partial charge in [0.25, 0.3) is 0 Å². The highest BCUT2D eigenvalue weighted by Gasteiger charge is 2.11. The lowest BCUT2D eigenvalue weighted by Crippen LogP contribution is -1.91. The Balaban J connectivity index is 2.23. The molecule has 0 amide bonds. The van der Waals surface area contributed by atoms with Gasteiger partial charge in [0.05, 0.1) is 6.61 Å². The molecule has 0 aromatic heterocycles. The molecule has 0 aliphatic carbocycles. The predicted molar refractivity (Wildman–Crippen MR) is 87.1 cm³/mol. The van der Waals surface area contributed by atoms with Crippen LogP contribution in [-0.4, -0.2) is 6.61 Å². The number of halogens is 2. The Morgan fingerprint density at radius 1 is 0.818 bits per heavy atom. The van der Waals surface area contributed by atoms with Crippen molar-refractivity contribution in [3.05, 3.63) is 65.2 Å². The minimum absolute atomic E-state index is 0.207. The number of benzene rings is 2. The fourth-order valence-electron chi connectivity index (χ4n) is 2.22. The summed E-state index contributed by atoms with van der Waals surface area (Å²) in [5.41, 5.74) is 1.59. The molecule has 0 atom stereocenters. The van der Waals surface area contributed by atoms with Crippen molar-refractivity contribution in [2.45, 2.75) is 26.7 Å².